The van der Waals surface area contributed by atoms with Crippen LogP contribution in [0.25, 0.3) is 0 Å². The van der Waals surface area contributed by atoms with Crippen molar-refractivity contribution in [2.75, 3.05) is 0 Å². The number of hydrogen-bond donors (Lipinski definition) is 2. The average molecular weight is 299 g/mol. The van der Waals surface area contributed by atoms with E-state index in [4.69, 9.17) is 17.0 Å². The Morgan fingerprint density at radius 3 is 3.19 bits per heavy atom. The maximum Gasteiger partial charge on any atom is 0.181 e. The van der Waals surface area contributed by atoms with Crippen molar-refractivity contribution in [3.05, 3.63) is 28.2 Å². The molecule has 2 heterocycles. The molecule has 3 rings (SSSR count). The van der Waals surface area contributed by atoms with Gasteiger partial charge in [0.25, 0.3) is 0 Å². The Labute approximate surface area is 108 Å². The van der Waals surface area contributed by atoms with E-state index in [2.05, 4.69) is 32.6 Å². The van der Waals surface area contributed by atoms with Crippen LogP contribution in [0.2, 0.25) is 0 Å². The molecule has 2 bridgehead atoms. The number of para-hydroxylation sites is 1. The summed E-state index contributed by atoms with van der Waals surface area (Å²) in [5, 5.41) is 7.10. The minimum Gasteiger partial charge on any atom is -0.467 e. The van der Waals surface area contributed by atoms with Gasteiger partial charge in [-0.25, -0.2) is 0 Å². The molecule has 2 unspecified atom stereocenters. The molecule has 3 nitrogen and oxygen atoms in total. The maximum atomic E-state index is 6.01. The van der Waals surface area contributed by atoms with Crippen molar-refractivity contribution < 1.29 is 4.74 Å². The van der Waals surface area contributed by atoms with E-state index >= 15 is 0 Å². The van der Waals surface area contributed by atoms with E-state index in [9.17, 15) is 0 Å². The van der Waals surface area contributed by atoms with E-state index in [0.717, 1.165) is 22.2 Å². The average Bonchev–Trinajstić information content (AvgIpc) is 2.18. The SMILES string of the molecule is CC12CC(NC(=S)N1)c1cccc(Br)c1O2. The number of thiocarbonyl (C=S) groups is 1. The number of hydrogen-bond acceptors (Lipinski definition) is 2. The highest BCUT2D eigenvalue weighted by Crippen LogP contribution is 2.43. The van der Waals surface area contributed by atoms with E-state index in [0.29, 0.717) is 5.11 Å². The molecule has 0 amide bonds. The van der Waals surface area contributed by atoms with Gasteiger partial charge < -0.3 is 15.4 Å². The van der Waals surface area contributed by atoms with Gasteiger partial charge in [-0.05, 0) is 41.1 Å². The smallest absolute Gasteiger partial charge is 0.181 e. The van der Waals surface area contributed by atoms with Crippen LogP contribution in [0.5, 0.6) is 5.75 Å². The molecular formula is C11H11BrN2OS. The predicted octanol–water partition coefficient (Wildman–Crippen LogP) is 2.47. The largest absolute Gasteiger partial charge is 0.467 e. The first-order valence-corrected chi connectivity index (χ1v) is 6.34. The Balaban J connectivity index is 2.14. The molecule has 2 N–H and O–H groups in total. The maximum absolute atomic E-state index is 6.01. The normalized spacial score (nSPS) is 30.9. The summed E-state index contributed by atoms with van der Waals surface area (Å²) in [6, 6.07) is 6.31. The summed E-state index contributed by atoms with van der Waals surface area (Å²) in [6.45, 7) is 2.02. The fourth-order valence-corrected chi connectivity index (χ4v) is 3.13. The minimum atomic E-state index is -0.399. The lowest BCUT2D eigenvalue weighted by atomic mass is 9.92. The Hall–Kier alpha value is -0.810. The van der Waals surface area contributed by atoms with E-state index in [-0.39, 0.29) is 6.04 Å². The Morgan fingerprint density at radius 1 is 1.56 bits per heavy atom. The number of benzene rings is 1. The molecule has 16 heavy (non-hydrogen) atoms. The van der Waals surface area contributed by atoms with E-state index < -0.39 is 5.72 Å². The Bertz CT molecular complexity index is 479. The van der Waals surface area contributed by atoms with Crippen molar-refractivity contribution >= 4 is 33.3 Å². The fraction of sp³-hybridized carbons (Fsp3) is 0.364. The highest BCUT2D eigenvalue weighted by Gasteiger charge is 2.42. The second kappa shape index (κ2) is 3.34. The number of halogens is 1. The quantitative estimate of drug-likeness (QED) is 0.721. The molecule has 1 aromatic rings. The first-order chi connectivity index (χ1) is 7.57. The molecule has 1 saturated heterocycles. The van der Waals surface area contributed by atoms with Crippen LogP contribution in [0, 0.1) is 0 Å². The van der Waals surface area contributed by atoms with Gasteiger partial charge in [-0.1, -0.05) is 12.1 Å². The first kappa shape index (κ1) is 10.4. The van der Waals surface area contributed by atoms with Crippen molar-refractivity contribution in [1.29, 1.82) is 0 Å². The molecule has 0 aliphatic carbocycles. The zero-order valence-corrected chi connectivity index (χ0v) is 11.1. The van der Waals surface area contributed by atoms with Crippen LogP contribution in [0.1, 0.15) is 24.9 Å². The number of ether oxygens (including phenoxy) is 1. The highest BCUT2D eigenvalue weighted by molar-refractivity contribution is 9.10. The van der Waals surface area contributed by atoms with E-state index in [1.807, 2.05) is 19.1 Å². The van der Waals surface area contributed by atoms with Crippen molar-refractivity contribution in [2.24, 2.45) is 0 Å². The number of nitrogens with one attached hydrogen (secondary N) is 2. The topological polar surface area (TPSA) is 33.3 Å². The van der Waals surface area contributed by atoms with Crippen LogP contribution in [0.4, 0.5) is 0 Å². The predicted molar refractivity (Wildman–Crippen MR) is 69.4 cm³/mol. The highest BCUT2D eigenvalue weighted by atomic mass is 79.9. The lowest BCUT2D eigenvalue weighted by molar-refractivity contribution is 0.0242. The number of rotatable bonds is 0. The third-order valence-corrected chi connectivity index (χ3v) is 3.82. The third-order valence-electron chi connectivity index (χ3n) is 2.98. The zero-order valence-electron chi connectivity index (χ0n) is 8.71. The van der Waals surface area contributed by atoms with E-state index in [1.165, 1.54) is 0 Å². The lowest BCUT2D eigenvalue weighted by Crippen LogP contribution is -2.62. The van der Waals surface area contributed by atoms with Gasteiger partial charge in [-0.15, -0.1) is 0 Å². The molecule has 2 atom stereocenters. The van der Waals surface area contributed by atoms with Gasteiger partial charge in [-0.3, -0.25) is 0 Å². The van der Waals surface area contributed by atoms with Gasteiger partial charge in [-0.2, -0.15) is 0 Å². The molecule has 1 fully saturated rings. The summed E-state index contributed by atoms with van der Waals surface area (Å²) >= 11 is 8.70. The molecule has 1 aromatic carbocycles. The summed E-state index contributed by atoms with van der Waals surface area (Å²) < 4.78 is 6.99. The first-order valence-electron chi connectivity index (χ1n) is 5.13. The van der Waals surface area contributed by atoms with Gasteiger partial charge in [0.1, 0.15) is 5.75 Å². The monoisotopic (exact) mass is 298 g/mol. The van der Waals surface area contributed by atoms with E-state index in [1.54, 1.807) is 0 Å². The van der Waals surface area contributed by atoms with Gasteiger partial charge in [0.2, 0.25) is 0 Å². The molecule has 0 aromatic heterocycles. The van der Waals surface area contributed by atoms with Crippen molar-refractivity contribution in [1.82, 2.24) is 10.6 Å². The standard InChI is InChI=1S/C11H11BrN2OS/c1-11-5-8(13-10(16)14-11)6-3-2-4-7(12)9(6)15-11/h2-4,8H,5H2,1H3,(H2,13,14,16). The Kier molecular flexibility index (Phi) is 2.16. The Morgan fingerprint density at radius 2 is 2.38 bits per heavy atom. The zero-order chi connectivity index (χ0) is 11.3. The van der Waals surface area contributed by atoms with Crippen LogP contribution in [0.3, 0.4) is 0 Å². The van der Waals surface area contributed by atoms with Crippen LogP contribution >= 0.6 is 28.1 Å². The summed E-state index contributed by atoms with van der Waals surface area (Å²) in [7, 11) is 0. The molecule has 0 spiro atoms. The van der Waals surface area contributed by atoms with Crippen molar-refractivity contribution in [3.63, 3.8) is 0 Å². The summed E-state index contributed by atoms with van der Waals surface area (Å²) in [5.41, 5.74) is 0.764. The molecule has 0 radical (unpaired) electrons. The second-order valence-electron chi connectivity index (χ2n) is 4.35. The molecule has 0 saturated carbocycles. The van der Waals surface area contributed by atoms with Gasteiger partial charge >= 0.3 is 0 Å². The lowest BCUT2D eigenvalue weighted by Gasteiger charge is -2.45. The van der Waals surface area contributed by atoms with Crippen LogP contribution in [-0.4, -0.2) is 10.8 Å². The van der Waals surface area contributed by atoms with Gasteiger partial charge in [0.05, 0.1) is 10.5 Å². The third kappa shape index (κ3) is 1.50. The fourth-order valence-electron chi connectivity index (χ4n) is 2.31. The summed E-state index contributed by atoms with van der Waals surface area (Å²) in [4.78, 5) is 0. The molecule has 84 valence electrons. The molecule has 5 heteroatoms. The molecule has 2 aliphatic heterocycles. The molecule has 2 aliphatic rings. The minimum absolute atomic E-state index is 0.236. The summed E-state index contributed by atoms with van der Waals surface area (Å²) in [6.07, 6.45) is 0.872. The van der Waals surface area contributed by atoms with Gasteiger partial charge in [0, 0.05) is 12.0 Å². The van der Waals surface area contributed by atoms with Gasteiger partial charge in [0.15, 0.2) is 10.8 Å². The second-order valence-corrected chi connectivity index (χ2v) is 5.61. The van der Waals surface area contributed by atoms with Crippen molar-refractivity contribution in [3.8, 4) is 5.75 Å². The van der Waals surface area contributed by atoms with Crippen LogP contribution < -0.4 is 15.4 Å². The van der Waals surface area contributed by atoms with Crippen LogP contribution in [0.15, 0.2) is 22.7 Å². The number of fused-ring (bicyclic) bond motifs is 4. The van der Waals surface area contributed by atoms with Crippen molar-refractivity contribution in [2.45, 2.75) is 25.1 Å². The molecular weight excluding hydrogens is 288 g/mol. The van der Waals surface area contributed by atoms with Crippen LogP contribution in [-0.2, 0) is 0 Å². The summed E-state index contributed by atoms with van der Waals surface area (Å²) in [5.74, 6) is 0.906.